The largest absolute Gasteiger partial charge is 0.497 e. The summed E-state index contributed by atoms with van der Waals surface area (Å²) in [5.74, 6) is 1.32. The fourth-order valence-corrected chi connectivity index (χ4v) is 3.24. The minimum Gasteiger partial charge on any atom is -0.497 e. The number of hydrogen-bond acceptors (Lipinski definition) is 4. The zero-order valence-corrected chi connectivity index (χ0v) is 16.8. The van der Waals surface area contributed by atoms with Crippen molar-refractivity contribution in [3.05, 3.63) is 90.1 Å². The first-order valence-electron chi connectivity index (χ1n) is 9.48. The number of rotatable bonds is 7. The lowest BCUT2D eigenvalue weighted by Crippen LogP contribution is -2.21. The molecule has 152 valence electrons. The first-order valence-corrected chi connectivity index (χ1v) is 9.48. The van der Waals surface area contributed by atoms with E-state index in [1.807, 2.05) is 77.5 Å². The number of benzene rings is 3. The van der Waals surface area contributed by atoms with Crippen molar-refractivity contribution in [1.29, 1.82) is 0 Å². The fraction of sp³-hybridized carbons (Fsp3) is 0.125. The molecule has 1 amide bonds. The number of methoxy groups -OCH3 is 1. The average molecular weight is 402 g/mol. The van der Waals surface area contributed by atoms with Crippen LogP contribution in [0.5, 0.6) is 11.5 Å². The van der Waals surface area contributed by atoms with E-state index in [9.17, 15) is 4.79 Å². The first kappa shape index (κ1) is 19.5. The molecule has 30 heavy (non-hydrogen) atoms. The Morgan fingerprint density at radius 3 is 2.33 bits per heavy atom. The number of fused-ring (bicyclic) bond motifs is 1. The number of carbonyl (C=O) groups excluding carboxylic acids is 1. The molecule has 4 aromatic rings. The van der Waals surface area contributed by atoms with E-state index >= 15 is 0 Å². The second kappa shape index (κ2) is 8.71. The molecule has 0 atom stereocenters. The number of aromatic nitrogens is 1. The molecule has 0 unspecified atom stereocenters. The van der Waals surface area contributed by atoms with E-state index in [1.54, 1.807) is 13.2 Å². The van der Waals surface area contributed by atoms with Gasteiger partial charge in [0.25, 0.3) is 5.91 Å². The van der Waals surface area contributed by atoms with E-state index in [0.29, 0.717) is 12.2 Å². The van der Waals surface area contributed by atoms with Crippen LogP contribution in [0.3, 0.4) is 0 Å². The monoisotopic (exact) mass is 402 g/mol. The van der Waals surface area contributed by atoms with Gasteiger partial charge in [0.2, 0.25) is 0 Å². The maximum absolute atomic E-state index is 12.1. The van der Waals surface area contributed by atoms with Gasteiger partial charge in [0.15, 0.2) is 0 Å². The maximum Gasteiger partial charge on any atom is 0.274 e. The summed E-state index contributed by atoms with van der Waals surface area (Å²) in [6.45, 7) is 0.480. The molecule has 4 rings (SSSR count). The van der Waals surface area contributed by atoms with Gasteiger partial charge in [0, 0.05) is 17.4 Å². The van der Waals surface area contributed by atoms with Crippen molar-refractivity contribution in [2.45, 2.75) is 6.61 Å². The van der Waals surface area contributed by atoms with Crippen molar-refractivity contribution in [1.82, 2.24) is 10.0 Å². The maximum atomic E-state index is 12.1. The van der Waals surface area contributed by atoms with Gasteiger partial charge in [0.1, 0.15) is 18.1 Å². The fourth-order valence-electron chi connectivity index (χ4n) is 3.24. The molecule has 6 nitrogen and oxygen atoms in total. The lowest BCUT2D eigenvalue weighted by atomic mass is 10.1. The van der Waals surface area contributed by atoms with Gasteiger partial charge in [-0.2, -0.15) is 0 Å². The van der Waals surface area contributed by atoms with Crippen LogP contribution in [-0.4, -0.2) is 24.7 Å². The molecule has 0 bridgehead atoms. The second-order valence-corrected chi connectivity index (χ2v) is 6.73. The number of nitrogens with one attached hydrogen (secondary N) is 1. The Balaban J connectivity index is 1.51. The van der Waals surface area contributed by atoms with Crippen LogP contribution in [0.4, 0.5) is 0 Å². The van der Waals surface area contributed by atoms with Gasteiger partial charge in [-0.25, -0.2) is 5.48 Å². The van der Waals surface area contributed by atoms with E-state index in [0.717, 1.165) is 33.7 Å². The van der Waals surface area contributed by atoms with E-state index in [-0.39, 0.29) is 5.91 Å². The molecule has 0 aliphatic heterocycles. The van der Waals surface area contributed by atoms with E-state index in [2.05, 4.69) is 5.48 Å². The summed E-state index contributed by atoms with van der Waals surface area (Å²) in [5, 5.41) is 1.05. The summed E-state index contributed by atoms with van der Waals surface area (Å²) < 4.78 is 13.1. The van der Waals surface area contributed by atoms with Gasteiger partial charge in [-0.3, -0.25) is 9.63 Å². The normalized spacial score (nSPS) is 10.7. The molecule has 6 heteroatoms. The number of carbonyl (C=O) groups is 1. The van der Waals surface area contributed by atoms with Crippen LogP contribution in [0.25, 0.3) is 16.6 Å². The SMILES string of the molecule is CONC(=O)c1ccc2ccn(-c3ccc(OCc4ccc(OC)cc4)cc3)c2c1. The molecule has 0 fully saturated rings. The smallest absolute Gasteiger partial charge is 0.274 e. The lowest BCUT2D eigenvalue weighted by Gasteiger charge is -2.10. The van der Waals surface area contributed by atoms with Crippen LogP contribution >= 0.6 is 0 Å². The Kier molecular flexibility index (Phi) is 5.68. The number of hydroxylamine groups is 1. The predicted molar refractivity (Wildman–Crippen MR) is 115 cm³/mol. The van der Waals surface area contributed by atoms with Crippen molar-refractivity contribution in [2.24, 2.45) is 0 Å². The van der Waals surface area contributed by atoms with Gasteiger partial charge in [-0.05, 0) is 65.5 Å². The third kappa shape index (κ3) is 4.14. The summed E-state index contributed by atoms with van der Waals surface area (Å²) in [4.78, 5) is 16.8. The highest BCUT2D eigenvalue weighted by atomic mass is 16.6. The standard InChI is InChI=1S/C24H22N2O4/c1-28-21-9-3-17(4-10-21)16-30-22-11-7-20(8-12-22)26-14-13-18-5-6-19(15-23(18)26)24(27)25-29-2/h3-15H,16H2,1-2H3,(H,25,27). The van der Waals surface area contributed by atoms with E-state index in [4.69, 9.17) is 14.3 Å². The number of ether oxygens (including phenoxy) is 2. The van der Waals surface area contributed by atoms with Crippen molar-refractivity contribution >= 4 is 16.8 Å². The summed E-state index contributed by atoms with van der Waals surface area (Å²) in [6, 6.07) is 23.2. The molecule has 0 aliphatic carbocycles. The Bertz CT molecular complexity index is 1150. The molecular formula is C24H22N2O4. The summed E-state index contributed by atoms with van der Waals surface area (Å²) in [7, 11) is 3.06. The van der Waals surface area contributed by atoms with Crippen LogP contribution in [0.1, 0.15) is 15.9 Å². The third-order valence-electron chi connectivity index (χ3n) is 4.83. The van der Waals surface area contributed by atoms with Gasteiger partial charge in [0.05, 0.1) is 19.7 Å². The molecule has 0 saturated carbocycles. The van der Waals surface area contributed by atoms with Gasteiger partial charge in [-0.1, -0.05) is 18.2 Å². The average Bonchev–Trinajstić information content (AvgIpc) is 3.22. The Labute approximate surface area is 174 Å². The third-order valence-corrected chi connectivity index (χ3v) is 4.83. The van der Waals surface area contributed by atoms with Crippen LogP contribution in [0.15, 0.2) is 79.0 Å². The van der Waals surface area contributed by atoms with Crippen molar-refractivity contribution in [3.8, 4) is 17.2 Å². The first-order chi connectivity index (χ1) is 14.7. The summed E-state index contributed by atoms with van der Waals surface area (Å²) in [5.41, 5.74) is 5.86. The van der Waals surface area contributed by atoms with Crippen LogP contribution < -0.4 is 15.0 Å². The molecular weight excluding hydrogens is 380 g/mol. The topological polar surface area (TPSA) is 61.7 Å². The second-order valence-electron chi connectivity index (χ2n) is 6.73. The van der Waals surface area contributed by atoms with Gasteiger partial charge >= 0.3 is 0 Å². The lowest BCUT2D eigenvalue weighted by molar-refractivity contribution is 0.0538. The highest BCUT2D eigenvalue weighted by Crippen LogP contribution is 2.24. The molecule has 1 heterocycles. The zero-order valence-electron chi connectivity index (χ0n) is 16.8. The molecule has 0 radical (unpaired) electrons. The summed E-state index contributed by atoms with van der Waals surface area (Å²) >= 11 is 0. The van der Waals surface area contributed by atoms with E-state index < -0.39 is 0 Å². The minimum atomic E-state index is -0.283. The molecule has 0 aliphatic rings. The highest BCUT2D eigenvalue weighted by Gasteiger charge is 2.09. The van der Waals surface area contributed by atoms with Crippen LogP contribution in [0.2, 0.25) is 0 Å². The molecule has 3 aromatic carbocycles. The Morgan fingerprint density at radius 2 is 1.63 bits per heavy atom. The van der Waals surface area contributed by atoms with Crippen molar-refractivity contribution in [3.63, 3.8) is 0 Å². The minimum absolute atomic E-state index is 0.283. The zero-order chi connectivity index (χ0) is 20.9. The Hall–Kier alpha value is -3.77. The quantitative estimate of drug-likeness (QED) is 0.462. The highest BCUT2D eigenvalue weighted by molar-refractivity contribution is 5.97. The Morgan fingerprint density at radius 1 is 0.900 bits per heavy atom. The molecule has 1 aromatic heterocycles. The number of amides is 1. The summed E-state index contributed by atoms with van der Waals surface area (Å²) in [6.07, 6.45) is 1.98. The van der Waals surface area contributed by atoms with Crippen molar-refractivity contribution < 1.29 is 19.1 Å². The molecule has 0 spiro atoms. The number of hydrogen-bond donors (Lipinski definition) is 1. The van der Waals surface area contributed by atoms with Crippen LogP contribution in [-0.2, 0) is 11.4 Å². The molecule has 0 saturated heterocycles. The molecule has 1 N–H and O–H groups in total. The van der Waals surface area contributed by atoms with Crippen molar-refractivity contribution in [2.75, 3.05) is 14.2 Å². The van der Waals surface area contributed by atoms with Crippen LogP contribution in [0, 0.1) is 0 Å². The van der Waals surface area contributed by atoms with Gasteiger partial charge in [-0.15, -0.1) is 0 Å². The predicted octanol–water partition coefficient (Wildman–Crippen LogP) is 4.51. The van der Waals surface area contributed by atoms with Gasteiger partial charge < -0.3 is 14.0 Å². The number of nitrogens with zero attached hydrogens (tertiary/aromatic N) is 1. The van der Waals surface area contributed by atoms with E-state index in [1.165, 1.54) is 7.11 Å².